The van der Waals surface area contributed by atoms with Gasteiger partial charge in [0.2, 0.25) is 5.91 Å². The molecule has 0 spiro atoms. The van der Waals surface area contributed by atoms with E-state index in [4.69, 9.17) is 11.6 Å². The molecule has 1 saturated heterocycles. The Hall–Kier alpha value is -1.91. The number of benzene rings is 2. The molecular weight excluding hydrogens is 351 g/mol. The molecule has 1 amide bonds. The van der Waals surface area contributed by atoms with Crippen LogP contribution in [0.1, 0.15) is 29.5 Å². The molecule has 1 fully saturated rings. The molecular formula is C21H24ClFN2O. The molecule has 1 aliphatic heterocycles. The third kappa shape index (κ3) is 4.43. The highest BCUT2D eigenvalue weighted by Gasteiger charge is 2.27. The minimum atomic E-state index is -0.292. The van der Waals surface area contributed by atoms with E-state index in [9.17, 15) is 9.18 Å². The summed E-state index contributed by atoms with van der Waals surface area (Å²) in [5, 5.41) is 3.49. The van der Waals surface area contributed by atoms with Crippen LogP contribution in [0.2, 0.25) is 5.02 Å². The number of halogens is 2. The van der Waals surface area contributed by atoms with Crippen molar-refractivity contribution in [3.63, 3.8) is 0 Å². The summed E-state index contributed by atoms with van der Waals surface area (Å²) >= 11 is 6.14. The molecule has 1 unspecified atom stereocenters. The number of carbonyl (C=O) groups excluding carboxylic acids is 1. The number of amides is 1. The number of hydrogen-bond acceptors (Lipinski definition) is 2. The smallest absolute Gasteiger partial charge is 0.228 e. The highest BCUT2D eigenvalue weighted by atomic mass is 35.5. The Balaban J connectivity index is 1.65. The monoisotopic (exact) mass is 374 g/mol. The van der Waals surface area contributed by atoms with Gasteiger partial charge in [0.25, 0.3) is 0 Å². The molecule has 138 valence electrons. The molecule has 26 heavy (non-hydrogen) atoms. The minimum Gasteiger partial charge on any atom is -0.326 e. The molecule has 0 radical (unpaired) electrons. The standard InChI is InChI=1S/C21H24ClFN2O/c1-14-8-9-20(15(2)11-14)24-21(26)16-5-4-10-25(12-16)13-17-18(22)6-3-7-19(17)23/h3,6-9,11,16H,4-5,10,12-13H2,1-2H3,(H,24,26). The van der Waals surface area contributed by atoms with Gasteiger partial charge in [-0.25, -0.2) is 4.39 Å². The molecule has 1 heterocycles. The maximum absolute atomic E-state index is 14.0. The maximum atomic E-state index is 14.0. The van der Waals surface area contributed by atoms with Crippen molar-refractivity contribution in [2.45, 2.75) is 33.2 Å². The zero-order valence-corrected chi connectivity index (χ0v) is 15.9. The van der Waals surface area contributed by atoms with Gasteiger partial charge in [-0.2, -0.15) is 0 Å². The van der Waals surface area contributed by atoms with Gasteiger partial charge in [0.15, 0.2) is 0 Å². The number of nitrogens with zero attached hydrogens (tertiary/aromatic N) is 1. The fourth-order valence-electron chi connectivity index (χ4n) is 3.51. The Morgan fingerprint density at radius 1 is 1.31 bits per heavy atom. The first-order chi connectivity index (χ1) is 12.4. The summed E-state index contributed by atoms with van der Waals surface area (Å²) in [4.78, 5) is 14.8. The van der Waals surface area contributed by atoms with Crippen LogP contribution >= 0.6 is 11.6 Å². The van der Waals surface area contributed by atoms with Crippen LogP contribution in [-0.2, 0) is 11.3 Å². The number of piperidine rings is 1. The summed E-state index contributed by atoms with van der Waals surface area (Å²) < 4.78 is 14.0. The van der Waals surface area contributed by atoms with Crippen molar-refractivity contribution in [2.24, 2.45) is 5.92 Å². The summed E-state index contributed by atoms with van der Waals surface area (Å²) in [5.41, 5.74) is 3.59. The van der Waals surface area contributed by atoms with Crippen LogP contribution in [0.4, 0.5) is 10.1 Å². The molecule has 3 rings (SSSR count). The fraction of sp³-hybridized carbons (Fsp3) is 0.381. The molecule has 2 aromatic carbocycles. The van der Waals surface area contributed by atoms with Crippen molar-refractivity contribution in [2.75, 3.05) is 18.4 Å². The first kappa shape index (κ1) is 18.9. The van der Waals surface area contributed by atoms with Crippen molar-refractivity contribution < 1.29 is 9.18 Å². The van der Waals surface area contributed by atoms with Gasteiger partial charge in [-0.3, -0.25) is 9.69 Å². The second-order valence-electron chi connectivity index (χ2n) is 7.08. The van der Waals surface area contributed by atoms with Crippen molar-refractivity contribution in [1.29, 1.82) is 0 Å². The predicted octanol–water partition coefficient (Wildman–Crippen LogP) is 4.95. The molecule has 2 aromatic rings. The molecule has 1 aliphatic rings. The van der Waals surface area contributed by atoms with Gasteiger partial charge >= 0.3 is 0 Å². The quantitative estimate of drug-likeness (QED) is 0.821. The molecule has 0 saturated carbocycles. The summed E-state index contributed by atoms with van der Waals surface area (Å²) in [7, 11) is 0. The van der Waals surface area contributed by atoms with Crippen LogP contribution in [0, 0.1) is 25.6 Å². The fourth-order valence-corrected chi connectivity index (χ4v) is 3.73. The molecule has 3 nitrogen and oxygen atoms in total. The maximum Gasteiger partial charge on any atom is 0.228 e. The van der Waals surface area contributed by atoms with Crippen LogP contribution in [0.5, 0.6) is 0 Å². The number of anilines is 1. The molecule has 1 atom stereocenters. The summed E-state index contributed by atoms with van der Waals surface area (Å²) in [6.45, 7) is 5.92. The minimum absolute atomic E-state index is 0.0290. The zero-order valence-electron chi connectivity index (χ0n) is 15.2. The number of carbonyl (C=O) groups is 1. The second-order valence-corrected chi connectivity index (χ2v) is 7.49. The van der Waals surface area contributed by atoms with E-state index in [0.717, 1.165) is 30.6 Å². The number of aryl methyl sites for hydroxylation is 2. The van der Waals surface area contributed by atoms with Gasteiger partial charge in [0.05, 0.1) is 5.92 Å². The SMILES string of the molecule is Cc1ccc(NC(=O)C2CCCN(Cc3c(F)cccc3Cl)C2)c(C)c1. The van der Waals surface area contributed by atoms with E-state index >= 15 is 0 Å². The Kier molecular flexibility index (Phi) is 5.94. The molecule has 0 bridgehead atoms. The van der Waals surface area contributed by atoms with Crippen molar-refractivity contribution in [1.82, 2.24) is 4.90 Å². The Labute approximate surface area is 159 Å². The van der Waals surface area contributed by atoms with E-state index in [1.165, 1.54) is 11.6 Å². The number of rotatable bonds is 4. The summed E-state index contributed by atoms with van der Waals surface area (Å²) in [5.74, 6) is -0.365. The second kappa shape index (κ2) is 8.19. The van der Waals surface area contributed by atoms with Crippen LogP contribution in [0.25, 0.3) is 0 Å². The van der Waals surface area contributed by atoms with Crippen LogP contribution in [-0.4, -0.2) is 23.9 Å². The lowest BCUT2D eigenvalue weighted by Crippen LogP contribution is -2.40. The molecule has 1 N–H and O–H groups in total. The van der Waals surface area contributed by atoms with E-state index < -0.39 is 0 Å². The van der Waals surface area contributed by atoms with E-state index in [2.05, 4.69) is 16.3 Å². The Morgan fingerprint density at radius 3 is 2.85 bits per heavy atom. The highest BCUT2D eigenvalue weighted by Crippen LogP contribution is 2.25. The highest BCUT2D eigenvalue weighted by molar-refractivity contribution is 6.31. The van der Waals surface area contributed by atoms with Gasteiger partial charge in [-0.05, 0) is 57.0 Å². The lowest BCUT2D eigenvalue weighted by atomic mass is 9.96. The van der Waals surface area contributed by atoms with Crippen molar-refractivity contribution in [3.05, 3.63) is 63.9 Å². The van der Waals surface area contributed by atoms with E-state index in [1.54, 1.807) is 12.1 Å². The van der Waals surface area contributed by atoms with Crippen molar-refractivity contribution >= 4 is 23.2 Å². The average molecular weight is 375 g/mol. The Bertz CT molecular complexity index is 788. The third-order valence-corrected chi connectivity index (χ3v) is 5.31. The Morgan fingerprint density at radius 2 is 2.12 bits per heavy atom. The molecule has 0 aromatic heterocycles. The van der Waals surface area contributed by atoms with E-state index in [1.807, 2.05) is 26.0 Å². The molecule has 5 heteroatoms. The van der Waals surface area contributed by atoms with Crippen molar-refractivity contribution in [3.8, 4) is 0 Å². The summed E-state index contributed by atoms with van der Waals surface area (Å²) in [6.07, 6.45) is 1.76. The number of hydrogen-bond donors (Lipinski definition) is 1. The topological polar surface area (TPSA) is 32.3 Å². The normalized spacial score (nSPS) is 17.9. The van der Waals surface area contributed by atoms with E-state index in [0.29, 0.717) is 23.7 Å². The first-order valence-corrected chi connectivity index (χ1v) is 9.35. The predicted molar refractivity (Wildman–Crippen MR) is 104 cm³/mol. The van der Waals surface area contributed by atoms with Crippen LogP contribution in [0.3, 0.4) is 0 Å². The van der Waals surface area contributed by atoms with Crippen LogP contribution < -0.4 is 5.32 Å². The van der Waals surface area contributed by atoms with Gasteiger partial charge in [-0.15, -0.1) is 0 Å². The lowest BCUT2D eigenvalue weighted by Gasteiger charge is -2.32. The average Bonchev–Trinajstić information content (AvgIpc) is 2.61. The number of nitrogens with one attached hydrogen (secondary N) is 1. The van der Waals surface area contributed by atoms with Crippen LogP contribution in [0.15, 0.2) is 36.4 Å². The largest absolute Gasteiger partial charge is 0.326 e. The third-order valence-electron chi connectivity index (χ3n) is 4.96. The zero-order chi connectivity index (χ0) is 18.7. The van der Waals surface area contributed by atoms with Gasteiger partial charge < -0.3 is 5.32 Å². The molecule has 0 aliphatic carbocycles. The lowest BCUT2D eigenvalue weighted by molar-refractivity contribution is -0.121. The van der Waals surface area contributed by atoms with Gasteiger partial charge in [0, 0.05) is 29.4 Å². The van der Waals surface area contributed by atoms with Gasteiger partial charge in [-0.1, -0.05) is 35.4 Å². The first-order valence-electron chi connectivity index (χ1n) is 8.97. The van der Waals surface area contributed by atoms with Gasteiger partial charge in [0.1, 0.15) is 5.82 Å². The van der Waals surface area contributed by atoms with E-state index in [-0.39, 0.29) is 17.6 Å². The summed E-state index contributed by atoms with van der Waals surface area (Å²) in [6, 6.07) is 10.7. The number of likely N-dealkylation sites (tertiary alicyclic amines) is 1.